The second-order valence-electron chi connectivity index (χ2n) is 9.79. The number of piperazine rings is 1. The van der Waals surface area contributed by atoms with Crippen LogP contribution in [0.25, 0.3) is 27.5 Å². The van der Waals surface area contributed by atoms with Gasteiger partial charge in [-0.05, 0) is 49.7 Å². The minimum Gasteiger partial charge on any atom is -0.382 e. The minimum atomic E-state index is 0.500. The fourth-order valence-corrected chi connectivity index (χ4v) is 5.17. The summed E-state index contributed by atoms with van der Waals surface area (Å²) in [5.41, 5.74) is 12.7. The first-order valence-electron chi connectivity index (χ1n) is 12.7. The summed E-state index contributed by atoms with van der Waals surface area (Å²) in [6, 6.07) is 19.1. The summed E-state index contributed by atoms with van der Waals surface area (Å²) in [5, 5.41) is 10.5. The van der Waals surface area contributed by atoms with Crippen molar-refractivity contribution in [3.63, 3.8) is 0 Å². The first kappa shape index (κ1) is 22.7. The van der Waals surface area contributed by atoms with Crippen LogP contribution in [0.3, 0.4) is 0 Å². The Labute approximate surface area is 210 Å². The third kappa shape index (κ3) is 4.57. The molecule has 0 spiro atoms. The van der Waals surface area contributed by atoms with Crippen LogP contribution in [-0.4, -0.2) is 73.9 Å². The van der Waals surface area contributed by atoms with Crippen LogP contribution in [0, 0.1) is 0 Å². The van der Waals surface area contributed by atoms with Gasteiger partial charge in [-0.2, -0.15) is 10.2 Å². The lowest BCUT2D eigenvalue weighted by Crippen LogP contribution is -2.44. The van der Waals surface area contributed by atoms with Crippen LogP contribution in [-0.2, 0) is 13.0 Å². The SMILES string of the molecule is CN1CCN(CCCc2cc(-c3ccc4cn(Cc5ccccc5)nc4c3)c3c(N)ncnn23)CC1. The lowest BCUT2D eigenvalue weighted by atomic mass is 10.0. The molecule has 184 valence electrons. The van der Waals surface area contributed by atoms with Gasteiger partial charge < -0.3 is 15.5 Å². The normalized spacial score (nSPS) is 15.2. The molecular weight excluding hydrogens is 448 g/mol. The van der Waals surface area contributed by atoms with Crippen LogP contribution in [0.2, 0.25) is 0 Å². The van der Waals surface area contributed by atoms with E-state index in [1.165, 1.54) is 5.56 Å². The van der Waals surface area contributed by atoms with Crippen molar-refractivity contribution < 1.29 is 0 Å². The molecule has 1 aliphatic heterocycles. The molecule has 4 heterocycles. The number of hydrogen-bond donors (Lipinski definition) is 1. The summed E-state index contributed by atoms with van der Waals surface area (Å²) in [7, 11) is 2.20. The Morgan fingerprint density at radius 3 is 2.64 bits per heavy atom. The average Bonchev–Trinajstić information content (AvgIpc) is 3.47. The third-order valence-corrected chi connectivity index (χ3v) is 7.21. The van der Waals surface area contributed by atoms with Crippen molar-refractivity contribution in [2.24, 2.45) is 0 Å². The number of benzene rings is 2. The fourth-order valence-electron chi connectivity index (χ4n) is 5.17. The predicted molar refractivity (Wildman–Crippen MR) is 144 cm³/mol. The highest BCUT2D eigenvalue weighted by atomic mass is 15.3. The fraction of sp³-hybridized carbons (Fsp3) is 0.321. The molecule has 2 aromatic carbocycles. The first-order chi connectivity index (χ1) is 17.6. The van der Waals surface area contributed by atoms with Crippen LogP contribution in [0.1, 0.15) is 17.7 Å². The molecule has 1 saturated heterocycles. The van der Waals surface area contributed by atoms with Gasteiger partial charge in [-0.15, -0.1) is 0 Å². The molecule has 8 nitrogen and oxygen atoms in total. The Kier molecular flexibility index (Phi) is 6.13. The van der Waals surface area contributed by atoms with E-state index < -0.39 is 0 Å². The Morgan fingerprint density at radius 1 is 0.972 bits per heavy atom. The van der Waals surface area contributed by atoms with Gasteiger partial charge in [-0.3, -0.25) is 4.68 Å². The Balaban J connectivity index is 1.27. The monoisotopic (exact) mass is 480 g/mol. The Morgan fingerprint density at radius 2 is 1.81 bits per heavy atom. The zero-order valence-electron chi connectivity index (χ0n) is 20.7. The van der Waals surface area contributed by atoms with Gasteiger partial charge in [-0.1, -0.05) is 42.5 Å². The zero-order chi connectivity index (χ0) is 24.5. The van der Waals surface area contributed by atoms with Crippen molar-refractivity contribution in [1.82, 2.24) is 34.2 Å². The van der Waals surface area contributed by atoms with Gasteiger partial charge in [0.1, 0.15) is 11.8 Å². The quantitative estimate of drug-likeness (QED) is 0.384. The second-order valence-corrected chi connectivity index (χ2v) is 9.79. The number of nitrogens with two attached hydrogens (primary N) is 1. The smallest absolute Gasteiger partial charge is 0.151 e. The molecule has 0 atom stereocenters. The number of anilines is 1. The standard InChI is InChI=1S/C28H32N8/c1-33-12-14-34(15-13-33)11-5-8-24-17-25(27-28(29)30-20-31-36(24)27)22-9-10-23-19-35(32-26(23)16-22)18-21-6-3-2-4-7-21/h2-4,6-7,9-10,16-17,19-20H,5,8,11-15,18H2,1H3,(H2,29,30,31). The van der Waals surface area contributed by atoms with Crippen LogP contribution in [0.15, 0.2) is 67.1 Å². The molecule has 5 aromatic rings. The van der Waals surface area contributed by atoms with E-state index in [1.807, 2.05) is 15.3 Å². The first-order valence-corrected chi connectivity index (χ1v) is 12.7. The van der Waals surface area contributed by atoms with E-state index >= 15 is 0 Å². The summed E-state index contributed by atoms with van der Waals surface area (Å²) in [4.78, 5) is 9.24. The van der Waals surface area contributed by atoms with Crippen molar-refractivity contribution in [2.45, 2.75) is 19.4 Å². The van der Waals surface area contributed by atoms with E-state index in [1.54, 1.807) is 6.33 Å². The highest BCUT2D eigenvalue weighted by molar-refractivity contribution is 5.92. The minimum absolute atomic E-state index is 0.500. The number of hydrogen-bond acceptors (Lipinski definition) is 6. The molecule has 0 amide bonds. The van der Waals surface area contributed by atoms with Gasteiger partial charge in [-0.25, -0.2) is 9.50 Å². The Bertz CT molecular complexity index is 1480. The maximum absolute atomic E-state index is 6.36. The summed E-state index contributed by atoms with van der Waals surface area (Å²) >= 11 is 0. The molecule has 3 aromatic heterocycles. The topological polar surface area (TPSA) is 80.5 Å². The van der Waals surface area contributed by atoms with E-state index in [0.717, 1.165) is 85.4 Å². The van der Waals surface area contributed by atoms with E-state index in [2.05, 4.69) is 81.7 Å². The van der Waals surface area contributed by atoms with Gasteiger partial charge >= 0.3 is 0 Å². The summed E-state index contributed by atoms with van der Waals surface area (Å²) < 4.78 is 3.97. The molecule has 2 N–H and O–H groups in total. The number of rotatable bonds is 7. The molecule has 6 rings (SSSR count). The number of nitrogens with zero attached hydrogens (tertiary/aromatic N) is 7. The highest BCUT2D eigenvalue weighted by Crippen LogP contribution is 2.32. The van der Waals surface area contributed by atoms with Gasteiger partial charge in [0.2, 0.25) is 0 Å². The molecule has 8 heteroatoms. The van der Waals surface area contributed by atoms with Gasteiger partial charge in [0.15, 0.2) is 5.82 Å². The predicted octanol–water partition coefficient (Wildman–Crippen LogP) is 3.56. The number of aromatic nitrogens is 5. The molecular formula is C28H32N8. The highest BCUT2D eigenvalue weighted by Gasteiger charge is 2.17. The maximum Gasteiger partial charge on any atom is 0.151 e. The summed E-state index contributed by atoms with van der Waals surface area (Å²) in [6.45, 7) is 6.42. The maximum atomic E-state index is 6.36. The van der Waals surface area contributed by atoms with Crippen LogP contribution in [0.5, 0.6) is 0 Å². The lowest BCUT2D eigenvalue weighted by Gasteiger charge is -2.32. The van der Waals surface area contributed by atoms with E-state index in [0.29, 0.717) is 5.82 Å². The average molecular weight is 481 g/mol. The summed E-state index contributed by atoms with van der Waals surface area (Å²) in [6.07, 6.45) is 5.68. The zero-order valence-corrected chi connectivity index (χ0v) is 20.7. The largest absolute Gasteiger partial charge is 0.382 e. The van der Waals surface area contributed by atoms with Crippen molar-refractivity contribution in [3.8, 4) is 11.1 Å². The van der Waals surface area contributed by atoms with E-state index in [-0.39, 0.29) is 0 Å². The van der Waals surface area contributed by atoms with Gasteiger partial charge in [0.25, 0.3) is 0 Å². The van der Waals surface area contributed by atoms with E-state index in [4.69, 9.17) is 10.8 Å². The van der Waals surface area contributed by atoms with E-state index in [9.17, 15) is 0 Å². The number of nitrogen functional groups attached to an aromatic ring is 1. The Hall–Kier alpha value is -3.75. The van der Waals surface area contributed by atoms with Crippen molar-refractivity contribution in [1.29, 1.82) is 0 Å². The van der Waals surface area contributed by atoms with Gasteiger partial charge in [0, 0.05) is 49.0 Å². The van der Waals surface area contributed by atoms with Crippen LogP contribution in [0.4, 0.5) is 5.82 Å². The second kappa shape index (κ2) is 9.72. The molecule has 36 heavy (non-hydrogen) atoms. The summed E-state index contributed by atoms with van der Waals surface area (Å²) in [5.74, 6) is 0.500. The third-order valence-electron chi connectivity index (χ3n) is 7.21. The number of fused-ring (bicyclic) bond motifs is 2. The molecule has 0 saturated carbocycles. The molecule has 0 radical (unpaired) electrons. The molecule has 1 fully saturated rings. The van der Waals surface area contributed by atoms with Crippen molar-refractivity contribution >= 4 is 22.2 Å². The molecule has 0 unspecified atom stereocenters. The van der Waals surface area contributed by atoms with Crippen LogP contribution < -0.4 is 5.73 Å². The van der Waals surface area contributed by atoms with Crippen molar-refractivity contribution in [3.05, 3.63) is 78.4 Å². The molecule has 0 bridgehead atoms. The number of likely N-dealkylation sites (N-methyl/N-ethyl adjacent to an activating group) is 1. The van der Waals surface area contributed by atoms with Gasteiger partial charge in [0.05, 0.1) is 12.1 Å². The van der Waals surface area contributed by atoms with Crippen LogP contribution >= 0.6 is 0 Å². The lowest BCUT2D eigenvalue weighted by molar-refractivity contribution is 0.153. The molecule has 0 aliphatic carbocycles. The van der Waals surface area contributed by atoms with Crippen molar-refractivity contribution in [2.75, 3.05) is 45.5 Å². The molecule has 1 aliphatic rings. The number of aryl methyl sites for hydroxylation is 1.